The van der Waals surface area contributed by atoms with Crippen LogP contribution in [0.2, 0.25) is 0 Å². The van der Waals surface area contributed by atoms with Crippen LogP contribution in [0.3, 0.4) is 0 Å². The number of ether oxygens (including phenoxy) is 1. The highest BCUT2D eigenvalue weighted by molar-refractivity contribution is 7.18. The second-order valence-corrected chi connectivity index (χ2v) is 7.35. The van der Waals surface area contributed by atoms with Crippen LogP contribution in [0.4, 0.5) is 0 Å². The molecular formula is C17H22N2O3S. The fourth-order valence-electron chi connectivity index (χ4n) is 2.83. The van der Waals surface area contributed by atoms with Gasteiger partial charge in [0.05, 0.1) is 18.3 Å². The predicted molar refractivity (Wildman–Crippen MR) is 90.9 cm³/mol. The van der Waals surface area contributed by atoms with Crippen molar-refractivity contribution >= 4 is 27.5 Å². The average molecular weight is 334 g/mol. The number of aryl methyl sites for hydroxylation is 2. The zero-order valence-corrected chi connectivity index (χ0v) is 14.4. The summed E-state index contributed by atoms with van der Waals surface area (Å²) < 4.78 is 6.61. The van der Waals surface area contributed by atoms with Crippen molar-refractivity contribution in [3.63, 3.8) is 0 Å². The SMILES string of the molecule is CCC(C)COC(=O)Cn1cnc2sc3c(c2c1=O)CCCC3. The minimum absolute atomic E-state index is 0.0666. The van der Waals surface area contributed by atoms with Crippen molar-refractivity contribution in [1.82, 2.24) is 9.55 Å². The largest absolute Gasteiger partial charge is 0.464 e. The topological polar surface area (TPSA) is 61.2 Å². The monoisotopic (exact) mass is 334 g/mol. The molecule has 5 nitrogen and oxygen atoms in total. The van der Waals surface area contributed by atoms with Crippen LogP contribution < -0.4 is 5.56 Å². The second-order valence-electron chi connectivity index (χ2n) is 6.27. The fourth-order valence-corrected chi connectivity index (χ4v) is 4.05. The van der Waals surface area contributed by atoms with Gasteiger partial charge in [0.25, 0.3) is 5.56 Å². The van der Waals surface area contributed by atoms with Gasteiger partial charge in [-0.2, -0.15) is 0 Å². The van der Waals surface area contributed by atoms with E-state index >= 15 is 0 Å². The molecule has 0 bridgehead atoms. The van der Waals surface area contributed by atoms with Gasteiger partial charge in [0.2, 0.25) is 0 Å². The first-order valence-electron chi connectivity index (χ1n) is 8.25. The number of esters is 1. The molecule has 124 valence electrons. The van der Waals surface area contributed by atoms with E-state index in [0.717, 1.165) is 36.1 Å². The van der Waals surface area contributed by atoms with Crippen LogP contribution in [0.15, 0.2) is 11.1 Å². The van der Waals surface area contributed by atoms with E-state index < -0.39 is 0 Å². The third-order valence-electron chi connectivity index (χ3n) is 4.47. The lowest BCUT2D eigenvalue weighted by molar-refractivity contribution is -0.145. The zero-order valence-electron chi connectivity index (χ0n) is 13.6. The Bertz CT molecular complexity index is 778. The summed E-state index contributed by atoms with van der Waals surface area (Å²) in [5.74, 6) is -0.0437. The molecule has 0 N–H and O–H groups in total. The predicted octanol–water partition coefficient (Wildman–Crippen LogP) is 2.93. The Morgan fingerprint density at radius 2 is 2.22 bits per heavy atom. The van der Waals surface area contributed by atoms with Crippen molar-refractivity contribution in [3.05, 3.63) is 27.1 Å². The van der Waals surface area contributed by atoms with Crippen LogP contribution in [0.1, 0.15) is 43.6 Å². The summed E-state index contributed by atoms with van der Waals surface area (Å²) in [5, 5.41) is 0.710. The van der Waals surface area contributed by atoms with E-state index in [9.17, 15) is 9.59 Å². The van der Waals surface area contributed by atoms with Crippen LogP contribution >= 0.6 is 11.3 Å². The smallest absolute Gasteiger partial charge is 0.326 e. The Morgan fingerprint density at radius 1 is 1.43 bits per heavy atom. The van der Waals surface area contributed by atoms with Gasteiger partial charge in [-0.3, -0.25) is 14.2 Å². The first kappa shape index (κ1) is 16.2. The average Bonchev–Trinajstić information content (AvgIpc) is 2.94. The van der Waals surface area contributed by atoms with Gasteiger partial charge in [-0.25, -0.2) is 4.98 Å². The maximum atomic E-state index is 12.7. The minimum atomic E-state index is -0.377. The van der Waals surface area contributed by atoms with Crippen LogP contribution in [0, 0.1) is 5.92 Å². The van der Waals surface area contributed by atoms with E-state index in [1.165, 1.54) is 22.2 Å². The summed E-state index contributed by atoms with van der Waals surface area (Å²) in [4.78, 5) is 31.1. The Hall–Kier alpha value is -1.69. The third kappa shape index (κ3) is 3.32. The van der Waals surface area contributed by atoms with Gasteiger partial charge >= 0.3 is 5.97 Å². The lowest BCUT2D eigenvalue weighted by atomic mass is 9.97. The molecule has 0 fully saturated rings. The molecule has 0 radical (unpaired) electrons. The number of hydrogen-bond acceptors (Lipinski definition) is 5. The first-order valence-corrected chi connectivity index (χ1v) is 9.07. The summed E-state index contributed by atoms with van der Waals surface area (Å²) in [6.45, 7) is 4.42. The number of carbonyl (C=O) groups excluding carboxylic acids is 1. The number of nitrogens with zero attached hydrogens (tertiary/aromatic N) is 2. The fraction of sp³-hybridized carbons (Fsp3) is 0.588. The number of fused-ring (bicyclic) bond motifs is 3. The Kier molecular flexibility index (Phi) is 4.80. The minimum Gasteiger partial charge on any atom is -0.464 e. The van der Waals surface area contributed by atoms with E-state index in [1.54, 1.807) is 11.3 Å². The van der Waals surface area contributed by atoms with Gasteiger partial charge in [-0.05, 0) is 37.2 Å². The highest BCUT2D eigenvalue weighted by Crippen LogP contribution is 2.33. The van der Waals surface area contributed by atoms with Gasteiger partial charge < -0.3 is 4.74 Å². The maximum Gasteiger partial charge on any atom is 0.326 e. The zero-order chi connectivity index (χ0) is 16.4. The van der Waals surface area contributed by atoms with E-state index in [2.05, 4.69) is 11.9 Å². The summed E-state index contributed by atoms with van der Waals surface area (Å²) in [7, 11) is 0. The molecule has 0 saturated carbocycles. The molecule has 6 heteroatoms. The molecule has 3 rings (SSSR count). The lowest BCUT2D eigenvalue weighted by Crippen LogP contribution is -2.26. The van der Waals surface area contributed by atoms with Gasteiger partial charge in [0, 0.05) is 4.88 Å². The molecule has 2 aromatic heterocycles. The van der Waals surface area contributed by atoms with Crippen molar-refractivity contribution in [2.75, 3.05) is 6.61 Å². The molecule has 0 saturated heterocycles. The van der Waals surface area contributed by atoms with Crippen molar-refractivity contribution in [3.8, 4) is 0 Å². The molecule has 23 heavy (non-hydrogen) atoms. The van der Waals surface area contributed by atoms with E-state index in [-0.39, 0.29) is 18.1 Å². The van der Waals surface area contributed by atoms with Crippen molar-refractivity contribution in [2.24, 2.45) is 5.92 Å². The quantitative estimate of drug-likeness (QED) is 0.789. The maximum absolute atomic E-state index is 12.7. The van der Waals surface area contributed by atoms with Crippen LogP contribution in [0.5, 0.6) is 0 Å². The highest BCUT2D eigenvalue weighted by atomic mass is 32.1. The number of thiophene rings is 1. The number of hydrogen-bond donors (Lipinski definition) is 0. The van der Waals surface area contributed by atoms with Crippen LogP contribution in [-0.4, -0.2) is 22.1 Å². The lowest BCUT2D eigenvalue weighted by Gasteiger charge is -2.11. The molecule has 1 atom stereocenters. The summed E-state index contributed by atoms with van der Waals surface area (Å²) >= 11 is 1.62. The molecule has 1 aliphatic rings. The van der Waals surface area contributed by atoms with E-state index in [0.29, 0.717) is 17.9 Å². The number of rotatable bonds is 5. The molecule has 0 aromatic carbocycles. The van der Waals surface area contributed by atoms with Crippen molar-refractivity contribution in [2.45, 2.75) is 52.5 Å². The van der Waals surface area contributed by atoms with Gasteiger partial charge in [0.1, 0.15) is 11.4 Å². The van der Waals surface area contributed by atoms with Crippen molar-refractivity contribution < 1.29 is 9.53 Å². The normalized spacial score (nSPS) is 15.4. The van der Waals surface area contributed by atoms with Crippen LogP contribution in [0.25, 0.3) is 10.2 Å². The first-order chi connectivity index (χ1) is 11.1. The van der Waals surface area contributed by atoms with Gasteiger partial charge in [0.15, 0.2) is 0 Å². The molecule has 1 unspecified atom stereocenters. The highest BCUT2D eigenvalue weighted by Gasteiger charge is 2.20. The number of aromatic nitrogens is 2. The molecule has 2 aromatic rings. The Labute approximate surface area is 139 Å². The third-order valence-corrected chi connectivity index (χ3v) is 5.67. The Balaban J connectivity index is 1.83. The standard InChI is InChI=1S/C17H22N2O3S/c1-3-11(2)9-22-14(20)8-19-10-18-16-15(17(19)21)12-6-4-5-7-13(12)23-16/h10-11H,3-9H2,1-2H3. The van der Waals surface area contributed by atoms with Gasteiger partial charge in [-0.15, -0.1) is 11.3 Å². The molecule has 0 spiro atoms. The molecule has 0 amide bonds. The molecule has 1 aliphatic carbocycles. The van der Waals surface area contributed by atoms with Crippen molar-refractivity contribution in [1.29, 1.82) is 0 Å². The molecule has 0 aliphatic heterocycles. The summed E-state index contributed by atoms with van der Waals surface area (Å²) in [6.07, 6.45) is 6.69. The summed E-state index contributed by atoms with van der Waals surface area (Å²) in [6, 6.07) is 0. The number of carbonyl (C=O) groups is 1. The van der Waals surface area contributed by atoms with Gasteiger partial charge in [-0.1, -0.05) is 20.3 Å². The van der Waals surface area contributed by atoms with E-state index in [1.807, 2.05) is 6.92 Å². The Morgan fingerprint density at radius 3 is 3.00 bits per heavy atom. The molecular weight excluding hydrogens is 312 g/mol. The molecule has 2 heterocycles. The second kappa shape index (κ2) is 6.83. The van der Waals surface area contributed by atoms with Crippen LogP contribution in [-0.2, 0) is 28.9 Å². The van der Waals surface area contributed by atoms with E-state index in [4.69, 9.17) is 4.74 Å². The summed E-state index contributed by atoms with van der Waals surface area (Å²) in [5.41, 5.74) is 1.03.